The Morgan fingerprint density at radius 1 is 1.19 bits per heavy atom. The van der Waals surface area contributed by atoms with E-state index in [0.29, 0.717) is 0 Å². The number of anilines is 1. The van der Waals surface area contributed by atoms with Crippen molar-refractivity contribution in [3.8, 4) is 0 Å². The van der Waals surface area contributed by atoms with Gasteiger partial charge in [-0.05, 0) is 30.4 Å². The lowest BCUT2D eigenvalue weighted by Crippen LogP contribution is -2.17. The molecule has 1 atom stereocenters. The van der Waals surface area contributed by atoms with Crippen LogP contribution in [0.15, 0.2) is 41.8 Å². The molecule has 1 N–H and O–H groups in total. The number of hydrogen-bond acceptors (Lipinski definition) is 5. The molecule has 110 valence electrons. The third-order valence-electron chi connectivity index (χ3n) is 3.67. The lowest BCUT2D eigenvalue weighted by Gasteiger charge is -2.27. The van der Waals surface area contributed by atoms with Crippen LogP contribution in [-0.2, 0) is 16.3 Å². The summed E-state index contributed by atoms with van der Waals surface area (Å²) in [7, 11) is -3.35. The highest BCUT2D eigenvalue weighted by Crippen LogP contribution is 2.32. The topological polar surface area (TPSA) is 72.0 Å². The van der Waals surface area contributed by atoms with Gasteiger partial charge in [0.15, 0.2) is 0 Å². The number of rotatable bonds is 3. The van der Waals surface area contributed by atoms with Gasteiger partial charge < -0.3 is 5.32 Å². The SMILES string of the molecule is CS(=O)(=O)c1ncc(N[C@@H]2CCCc3ccccc32)cn1. The highest BCUT2D eigenvalue weighted by atomic mass is 32.2. The van der Waals surface area contributed by atoms with Gasteiger partial charge in [0.1, 0.15) is 0 Å². The minimum atomic E-state index is -3.35. The van der Waals surface area contributed by atoms with Crippen molar-refractivity contribution in [2.45, 2.75) is 30.5 Å². The number of sulfone groups is 1. The maximum Gasteiger partial charge on any atom is 0.246 e. The van der Waals surface area contributed by atoms with Crippen molar-refractivity contribution < 1.29 is 8.42 Å². The van der Waals surface area contributed by atoms with Crippen molar-refractivity contribution in [1.82, 2.24) is 9.97 Å². The van der Waals surface area contributed by atoms with Crippen LogP contribution in [0.5, 0.6) is 0 Å². The maximum absolute atomic E-state index is 11.4. The van der Waals surface area contributed by atoms with Gasteiger partial charge in [0.05, 0.1) is 24.1 Å². The lowest BCUT2D eigenvalue weighted by atomic mass is 9.88. The third-order valence-corrected chi connectivity index (χ3v) is 4.54. The molecule has 0 unspecified atom stereocenters. The van der Waals surface area contributed by atoms with E-state index in [1.807, 2.05) is 6.07 Å². The standard InChI is InChI=1S/C15H17N3O2S/c1-21(19,20)15-16-9-12(10-17-15)18-14-8-4-6-11-5-2-3-7-13(11)14/h2-3,5,7,9-10,14,18H,4,6,8H2,1H3/t14-/m1/s1. The van der Waals surface area contributed by atoms with Gasteiger partial charge in [-0.2, -0.15) is 0 Å². The van der Waals surface area contributed by atoms with Gasteiger partial charge in [0, 0.05) is 6.26 Å². The minimum absolute atomic E-state index is 0.142. The quantitative estimate of drug-likeness (QED) is 0.881. The molecule has 0 saturated carbocycles. The second-order valence-corrected chi connectivity index (χ2v) is 7.22. The summed E-state index contributed by atoms with van der Waals surface area (Å²) in [4.78, 5) is 7.82. The van der Waals surface area contributed by atoms with Crippen LogP contribution < -0.4 is 5.32 Å². The average molecular weight is 303 g/mol. The summed E-state index contributed by atoms with van der Waals surface area (Å²) in [6.45, 7) is 0. The van der Waals surface area contributed by atoms with E-state index >= 15 is 0 Å². The second kappa shape index (κ2) is 5.44. The van der Waals surface area contributed by atoms with Crippen LogP contribution in [0.4, 0.5) is 5.69 Å². The van der Waals surface area contributed by atoms with Crippen LogP contribution in [0.25, 0.3) is 0 Å². The molecule has 0 saturated heterocycles. The first kappa shape index (κ1) is 14.0. The molecule has 1 heterocycles. The van der Waals surface area contributed by atoms with Crippen molar-refractivity contribution in [2.24, 2.45) is 0 Å². The van der Waals surface area contributed by atoms with Crippen LogP contribution >= 0.6 is 0 Å². The second-order valence-electron chi connectivity index (χ2n) is 5.31. The fraction of sp³-hybridized carbons (Fsp3) is 0.333. The van der Waals surface area contributed by atoms with E-state index in [9.17, 15) is 8.42 Å². The van der Waals surface area contributed by atoms with Crippen molar-refractivity contribution in [1.29, 1.82) is 0 Å². The largest absolute Gasteiger partial charge is 0.376 e. The molecule has 0 amide bonds. The molecular weight excluding hydrogens is 286 g/mol. The highest BCUT2D eigenvalue weighted by molar-refractivity contribution is 7.90. The molecule has 0 fully saturated rings. The average Bonchev–Trinajstić information content (AvgIpc) is 2.47. The van der Waals surface area contributed by atoms with Gasteiger partial charge >= 0.3 is 0 Å². The number of fused-ring (bicyclic) bond motifs is 1. The molecule has 1 aliphatic rings. The first-order valence-electron chi connectivity index (χ1n) is 6.90. The van der Waals surface area contributed by atoms with Gasteiger partial charge in [-0.1, -0.05) is 24.3 Å². The Labute approximate surface area is 124 Å². The number of aromatic nitrogens is 2. The summed E-state index contributed by atoms with van der Waals surface area (Å²) in [5, 5.41) is 3.25. The molecule has 0 radical (unpaired) electrons. The van der Waals surface area contributed by atoms with Gasteiger partial charge in [-0.15, -0.1) is 0 Å². The van der Waals surface area contributed by atoms with E-state index in [-0.39, 0.29) is 11.2 Å². The van der Waals surface area contributed by atoms with Crippen LogP contribution in [0.3, 0.4) is 0 Å². The molecule has 0 aliphatic heterocycles. The summed E-state index contributed by atoms with van der Waals surface area (Å²) in [6.07, 6.45) is 7.45. The first-order valence-corrected chi connectivity index (χ1v) is 8.79. The fourth-order valence-electron chi connectivity index (χ4n) is 2.69. The van der Waals surface area contributed by atoms with Gasteiger partial charge in [-0.3, -0.25) is 0 Å². The first-order chi connectivity index (χ1) is 10.0. The minimum Gasteiger partial charge on any atom is -0.376 e. The van der Waals surface area contributed by atoms with Crippen molar-refractivity contribution in [3.63, 3.8) is 0 Å². The van der Waals surface area contributed by atoms with Crippen molar-refractivity contribution in [3.05, 3.63) is 47.8 Å². The predicted octanol–water partition coefficient (Wildman–Crippen LogP) is 2.37. The van der Waals surface area contributed by atoms with E-state index < -0.39 is 9.84 Å². The fourth-order valence-corrected chi connectivity index (χ4v) is 3.18. The molecule has 5 nitrogen and oxygen atoms in total. The normalized spacial score (nSPS) is 18.0. The summed E-state index contributed by atoms with van der Waals surface area (Å²) >= 11 is 0. The summed E-state index contributed by atoms with van der Waals surface area (Å²) in [5.74, 6) is 0. The molecule has 1 aromatic carbocycles. The van der Waals surface area contributed by atoms with E-state index in [0.717, 1.165) is 31.2 Å². The zero-order valence-electron chi connectivity index (χ0n) is 11.8. The Kier molecular flexibility index (Phi) is 3.63. The number of nitrogens with zero attached hydrogens (tertiary/aromatic N) is 2. The highest BCUT2D eigenvalue weighted by Gasteiger charge is 2.20. The predicted molar refractivity (Wildman–Crippen MR) is 80.9 cm³/mol. The van der Waals surface area contributed by atoms with Crippen LogP contribution in [0.2, 0.25) is 0 Å². The maximum atomic E-state index is 11.4. The Morgan fingerprint density at radius 2 is 1.90 bits per heavy atom. The molecule has 6 heteroatoms. The Morgan fingerprint density at radius 3 is 2.62 bits per heavy atom. The Bertz CT molecular complexity index is 742. The Hall–Kier alpha value is -1.95. The number of benzene rings is 1. The monoisotopic (exact) mass is 303 g/mol. The Balaban J connectivity index is 1.82. The molecule has 0 spiro atoms. The number of hydrogen-bond donors (Lipinski definition) is 1. The van der Waals surface area contributed by atoms with Gasteiger partial charge in [-0.25, -0.2) is 18.4 Å². The zero-order valence-corrected chi connectivity index (χ0v) is 12.6. The molecular formula is C15H17N3O2S. The lowest BCUT2D eigenvalue weighted by molar-refractivity contribution is 0.591. The van der Waals surface area contributed by atoms with Crippen LogP contribution in [0, 0.1) is 0 Å². The van der Waals surface area contributed by atoms with E-state index in [4.69, 9.17) is 0 Å². The smallest absolute Gasteiger partial charge is 0.246 e. The molecule has 0 bridgehead atoms. The van der Waals surface area contributed by atoms with Crippen LogP contribution in [0.1, 0.15) is 30.0 Å². The van der Waals surface area contributed by atoms with Gasteiger partial charge in [0.25, 0.3) is 0 Å². The molecule has 2 aromatic rings. The van der Waals surface area contributed by atoms with E-state index in [1.54, 1.807) is 0 Å². The molecule has 21 heavy (non-hydrogen) atoms. The number of aryl methyl sites for hydroxylation is 1. The van der Waals surface area contributed by atoms with E-state index in [1.165, 1.54) is 23.5 Å². The van der Waals surface area contributed by atoms with Crippen molar-refractivity contribution >= 4 is 15.5 Å². The summed E-state index contributed by atoms with van der Waals surface area (Å²) in [5.41, 5.74) is 3.41. The van der Waals surface area contributed by atoms with Gasteiger partial charge in [0.2, 0.25) is 15.0 Å². The zero-order chi connectivity index (χ0) is 14.9. The molecule has 3 rings (SSSR count). The van der Waals surface area contributed by atoms with Crippen molar-refractivity contribution in [2.75, 3.05) is 11.6 Å². The number of nitrogens with one attached hydrogen (secondary N) is 1. The molecule has 1 aliphatic carbocycles. The third kappa shape index (κ3) is 3.05. The van der Waals surface area contributed by atoms with Crippen LogP contribution in [-0.4, -0.2) is 24.6 Å². The summed E-state index contributed by atoms with van der Waals surface area (Å²) in [6, 6.07) is 8.63. The van der Waals surface area contributed by atoms with E-state index in [2.05, 4.69) is 33.5 Å². The molecule has 1 aromatic heterocycles. The summed E-state index contributed by atoms with van der Waals surface area (Å²) < 4.78 is 22.7.